The van der Waals surface area contributed by atoms with Gasteiger partial charge in [0.1, 0.15) is 18.4 Å². The van der Waals surface area contributed by atoms with Crippen molar-refractivity contribution in [2.75, 3.05) is 33.2 Å². The van der Waals surface area contributed by atoms with Gasteiger partial charge in [0.15, 0.2) is 0 Å². The van der Waals surface area contributed by atoms with Crippen LogP contribution in [-0.2, 0) is 29.0 Å². The Bertz CT molecular complexity index is 1300. The van der Waals surface area contributed by atoms with Crippen LogP contribution in [0.25, 0.3) is 0 Å². The molecule has 2 unspecified atom stereocenters. The van der Waals surface area contributed by atoms with Crippen LogP contribution in [0.5, 0.6) is 5.75 Å². The molecule has 2 heterocycles. The maximum Gasteiger partial charge on any atom is 0.259 e. The van der Waals surface area contributed by atoms with E-state index in [-0.39, 0.29) is 11.8 Å². The van der Waals surface area contributed by atoms with E-state index < -0.39 is 12.1 Å². The van der Waals surface area contributed by atoms with E-state index in [9.17, 15) is 9.59 Å². The molecule has 8 nitrogen and oxygen atoms in total. The number of nitrogens with zero attached hydrogens (tertiary/aromatic N) is 4. The summed E-state index contributed by atoms with van der Waals surface area (Å²) in [5, 5.41) is 7.23. The smallest absolute Gasteiger partial charge is 0.259 e. The molecule has 8 heteroatoms. The third-order valence-electron chi connectivity index (χ3n) is 8.53. The Labute approximate surface area is 269 Å². The first kappa shape index (κ1) is 34.1. The third-order valence-corrected chi connectivity index (χ3v) is 8.53. The summed E-state index contributed by atoms with van der Waals surface area (Å²) in [5.41, 5.74) is 3.11. The number of amides is 2. The van der Waals surface area contributed by atoms with Gasteiger partial charge in [-0.05, 0) is 93.1 Å². The van der Waals surface area contributed by atoms with Crippen LogP contribution in [0.1, 0.15) is 63.1 Å². The predicted molar refractivity (Wildman–Crippen MR) is 179 cm³/mol. The van der Waals surface area contributed by atoms with Gasteiger partial charge in [-0.15, -0.1) is 0 Å². The maximum absolute atomic E-state index is 14.2. The average molecular weight is 614 g/mol. The van der Waals surface area contributed by atoms with Gasteiger partial charge in [-0.2, -0.15) is 0 Å². The quantitative estimate of drug-likeness (QED) is 0.229. The van der Waals surface area contributed by atoms with Crippen LogP contribution in [0.3, 0.4) is 0 Å². The molecule has 0 spiro atoms. The maximum atomic E-state index is 14.2. The fourth-order valence-electron chi connectivity index (χ4n) is 5.77. The normalized spacial score (nSPS) is 15.1. The van der Waals surface area contributed by atoms with Crippen LogP contribution in [0.15, 0.2) is 79.1 Å². The molecule has 1 aliphatic heterocycles. The number of ether oxygens (including phenoxy) is 1. The number of rotatable bonds is 16. The zero-order chi connectivity index (χ0) is 32.0. The minimum absolute atomic E-state index is 0.0651. The second-order valence-electron chi connectivity index (χ2n) is 12.5. The first-order chi connectivity index (χ1) is 21.8. The van der Waals surface area contributed by atoms with Crippen molar-refractivity contribution in [3.05, 3.63) is 95.8 Å². The number of carbonyl (C=O) groups is 2. The van der Waals surface area contributed by atoms with E-state index in [4.69, 9.17) is 4.74 Å². The van der Waals surface area contributed by atoms with Crippen molar-refractivity contribution in [2.45, 2.75) is 78.0 Å². The lowest BCUT2D eigenvalue weighted by Crippen LogP contribution is -2.59. The molecular formula is C37H51N5O3. The van der Waals surface area contributed by atoms with Crippen molar-refractivity contribution in [1.29, 1.82) is 0 Å². The number of likely N-dealkylation sites (N-methyl/N-ethyl adjacent to an activating group) is 2. The summed E-state index contributed by atoms with van der Waals surface area (Å²) in [6, 6.07) is 20.7. The number of aromatic nitrogens is 1. The van der Waals surface area contributed by atoms with Crippen LogP contribution < -0.4 is 10.1 Å². The number of carbonyl (C=O) groups excluding carboxylic acids is 2. The van der Waals surface area contributed by atoms with Crippen LogP contribution in [0, 0.1) is 5.92 Å². The fraction of sp³-hybridized carbons (Fsp3) is 0.486. The number of hydrogen-bond acceptors (Lipinski definition) is 6. The van der Waals surface area contributed by atoms with Gasteiger partial charge in [-0.1, -0.05) is 62.7 Å². The summed E-state index contributed by atoms with van der Waals surface area (Å²) in [5.74, 6) is 1.09. The minimum atomic E-state index is -0.700. The second-order valence-corrected chi connectivity index (χ2v) is 12.5. The second kappa shape index (κ2) is 17.7. The molecule has 1 N–H and O–H groups in total. The van der Waals surface area contributed by atoms with Gasteiger partial charge in [0, 0.05) is 38.4 Å². The Hall–Kier alpha value is -3.75. The highest BCUT2D eigenvalue weighted by atomic mass is 16.5. The first-order valence-electron chi connectivity index (χ1n) is 16.6. The van der Waals surface area contributed by atoms with Crippen LogP contribution >= 0.6 is 0 Å². The number of hydrogen-bond donors (Lipinski definition) is 1. The van der Waals surface area contributed by atoms with Crippen LogP contribution in [0.2, 0.25) is 0 Å². The molecule has 0 aliphatic carbocycles. The number of pyridine rings is 1. The van der Waals surface area contributed by atoms with E-state index in [2.05, 4.69) is 34.1 Å². The average Bonchev–Trinajstić information content (AvgIpc) is 3.07. The monoisotopic (exact) mass is 613 g/mol. The Balaban J connectivity index is 1.53. The van der Waals surface area contributed by atoms with E-state index in [0.29, 0.717) is 31.9 Å². The molecule has 2 atom stereocenters. The lowest BCUT2D eigenvalue weighted by molar-refractivity contribution is -0.154. The molecule has 1 aromatic heterocycles. The Morgan fingerprint density at radius 3 is 2.20 bits per heavy atom. The predicted octanol–water partition coefficient (Wildman–Crippen LogP) is 5.53. The van der Waals surface area contributed by atoms with E-state index >= 15 is 0 Å². The number of piperidine rings is 1. The molecule has 3 aromatic rings. The standard InChI is InChI=1S/C37H51N5O3/c1-5-42(41-23-10-7-11-24-41)37(44)34(26-30-14-16-33(17-15-30)45-28-32-12-8-6-9-13-32)39-36(43)35(40(4)25-20-29(2)3)27-31-18-21-38-22-19-31/h6,8-9,12-19,21-22,29,34-35H,5,7,10-11,20,23-28H2,1-4H3,(H,39,43). The van der Waals surface area contributed by atoms with E-state index in [1.54, 1.807) is 12.4 Å². The molecule has 1 saturated heterocycles. The summed E-state index contributed by atoms with van der Waals surface area (Å²) in [6.45, 7) is 9.95. The number of hydrazine groups is 1. The highest BCUT2D eigenvalue weighted by molar-refractivity contribution is 5.90. The van der Waals surface area contributed by atoms with Gasteiger partial charge in [0.2, 0.25) is 5.91 Å². The summed E-state index contributed by atoms with van der Waals surface area (Å²) < 4.78 is 5.99. The highest BCUT2D eigenvalue weighted by Crippen LogP contribution is 2.19. The molecule has 45 heavy (non-hydrogen) atoms. The Kier molecular flexibility index (Phi) is 13.4. The zero-order valence-electron chi connectivity index (χ0n) is 27.5. The van der Waals surface area contributed by atoms with E-state index in [1.165, 1.54) is 6.42 Å². The van der Waals surface area contributed by atoms with Gasteiger partial charge in [0.25, 0.3) is 5.91 Å². The lowest BCUT2D eigenvalue weighted by atomic mass is 10.0. The third kappa shape index (κ3) is 10.7. The fourth-order valence-corrected chi connectivity index (χ4v) is 5.77. The van der Waals surface area contributed by atoms with Crippen molar-refractivity contribution in [1.82, 2.24) is 25.2 Å². The van der Waals surface area contributed by atoms with Gasteiger partial charge in [0.05, 0.1) is 6.04 Å². The SMILES string of the molecule is CCN(C(=O)C(Cc1ccc(OCc2ccccc2)cc1)NC(=O)C(Cc1ccncc1)N(C)CCC(C)C)N1CCCCC1. The molecule has 0 bridgehead atoms. The molecule has 1 fully saturated rings. The Morgan fingerprint density at radius 1 is 0.889 bits per heavy atom. The largest absolute Gasteiger partial charge is 0.489 e. The van der Waals surface area contributed by atoms with Crippen molar-refractivity contribution in [2.24, 2.45) is 5.92 Å². The van der Waals surface area contributed by atoms with Crippen molar-refractivity contribution >= 4 is 11.8 Å². The van der Waals surface area contributed by atoms with E-state index in [1.807, 2.05) is 85.7 Å². The molecule has 2 aromatic carbocycles. The topological polar surface area (TPSA) is 78.0 Å². The summed E-state index contributed by atoms with van der Waals surface area (Å²) >= 11 is 0. The summed E-state index contributed by atoms with van der Waals surface area (Å²) in [7, 11) is 2.00. The molecule has 2 amide bonds. The Morgan fingerprint density at radius 2 is 1.56 bits per heavy atom. The highest BCUT2D eigenvalue weighted by Gasteiger charge is 2.33. The number of nitrogens with one attached hydrogen (secondary N) is 1. The van der Waals surface area contributed by atoms with E-state index in [0.717, 1.165) is 61.3 Å². The van der Waals surface area contributed by atoms with Gasteiger partial charge in [-0.25, -0.2) is 5.01 Å². The minimum Gasteiger partial charge on any atom is -0.489 e. The van der Waals surface area contributed by atoms with Gasteiger partial charge >= 0.3 is 0 Å². The van der Waals surface area contributed by atoms with Gasteiger partial charge < -0.3 is 10.1 Å². The van der Waals surface area contributed by atoms with Crippen molar-refractivity contribution in [3.63, 3.8) is 0 Å². The first-order valence-corrected chi connectivity index (χ1v) is 16.6. The lowest BCUT2D eigenvalue weighted by Gasteiger charge is -2.39. The van der Waals surface area contributed by atoms with Crippen LogP contribution in [-0.4, -0.2) is 77.0 Å². The van der Waals surface area contributed by atoms with Crippen molar-refractivity contribution in [3.8, 4) is 5.75 Å². The summed E-state index contributed by atoms with van der Waals surface area (Å²) in [4.78, 5) is 34.6. The molecule has 242 valence electrons. The van der Waals surface area contributed by atoms with Crippen LogP contribution in [0.4, 0.5) is 0 Å². The zero-order valence-corrected chi connectivity index (χ0v) is 27.5. The molecule has 4 rings (SSSR count). The molecular weight excluding hydrogens is 562 g/mol. The van der Waals surface area contributed by atoms with Gasteiger partial charge in [-0.3, -0.25) is 24.5 Å². The molecule has 0 radical (unpaired) electrons. The molecule has 0 saturated carbocycles. The molecule has 1 aliphatic rings. The number of benzene rings is 2. The van der Waals surface area contributed by atoms with Crippen molar-refractivity contribution < 1.29 is 14.3 Å². The summed E-state index contributed by atoms with van der Waals surface area (Å²) in [6.07, 6.45) is 8.76.